The van der Waals surface area contributed by atoms with Crippen LogP contribution in [0, 0.1) is 5.92 Å². The smallest absolute Gasteiger partial charge is 0.306 e. The number of hydrogen-bond donors (Lipinski definition) is 2. The van der Waals surface area contributed by atoms with Crippen LogP contribution >= 0.6 is 0 Å². The molecular weight excluding hydrogens is 198 g/mol. The van der Waals surface area contributed by atoms with Crippen LogP contribution in [0.1, 0.15) is 27.2 Å². The van der Waals surface area contributed by atoms with E-state index < -0.39 is 17.5 Å². The monoisotopic (exact) mass is 217 g/mol. The van der Waals surface area contributed by atoms with Gasteiger partial charge in [-0.1, -0.05) is 6.92 Å². The molecule has 0 bridgehead atoms. The third-order valence-electron chi connectivity index (χ3n) is 2.34. The van der Waals surface area contributed by atoms with Crippen molar-refractivity contribution in [3.05, 3.63) is 0 Å². The van der Waals surface area contributed by atoms with Crippen molar-refractivity contribution in [3.63, 3.8) is 0 Å². The number of hydrogen-bond acceptors (Lipinski definition) is 3. The van der Waals surface area contributed by atoms with Crippen molar-refractivity contribution in [3.8, 4) is 0 Å². The summed E-state index contributed by atoms with van der Waals surface area (Å²) in [5, 5.41) is 11.2. The van der Waals surface area contributed by atoms with Gasteiger partial charge in [0, 0.05) is 13.7 Å². The number of carboxylic acid groups (broad SMARTS) is 1. The van der Waals surface area contributed by atoms with Gasteiger partial charge in [0.05, 0.1) is 5.92 Å². The van der Waals surface area contributed by atoms with Gasteiger partial charge in [-0.05, 0) is 20.3 Å². The minimum Gasteiger partial charge on any atom is -0.481 e. The average molecular weight is 217 g/mol. The van der Waals surface area contributed by atoms with Crippen LogP contribution in [-0.4, -0.2) is 36.2 Å². The molecule has 0 aromatic carbocycles. The second kappa shape index (κ2) is 5.70. The van der Waals surface area contributed by atoms with Crippen molar-refractivity contribution in [1.29, 1.82) is 0 Å². The molecule has 15 heavy (non-hydrogen) atoms. The van der Waals surface area contributed by atoms with E-state index in [1.54, 1.807) is 20.8 Å². The van der Waals surface area contributed by atoms with Gasteiger partial charge in [0.2, 0.25) is 0 Å². The van der Waals surface area contributed by atoms with Crippen LogP contribution in [-0.2, 0) is 14.3 Å². The van der Waals surface area contributed by atoms with Crippen LogP contribution in [0.25, 0.3) is 0 Å². The summed E-state index contributed by atoms with van der Waals surface area (Å²) in [6.07, 6.45) is 0.418. The zero-order valence-corrected chi connectivity index (χ0v) is 9.66. The number of carbonyl (C=O) groups is 2. The van der Waals surface area contributed by atoms with Crippen molar-refractivity contribution >= 4 is 11.9 Å². The van der Waals surface area contributed by atoms with Crippen LogP contribution in [0.15, 0.2) is 0 Å². The number of rotatable bonds is 6. The molecule has 0 rings (SSSR count). The molecule has 2 N–H and O–H groups in total. The van der Waals surface area contributed by atoms with Gasteiger partial charge in [-0.3, -0.25) is 9.59 Å². The number of aliphatic carboxylic acids is 1. The summed E-state index contributed by atoms with van der Waals surface area (Å²) in [6.45, 7) is 5.26. The van der Waals surface area contributed by atoms with E-state index in [2.05, 4.69) is 5.32 Å². The Morgan fingerprint density at radius 2 is 2.00 bits per heavy atom. The van der Waals surface area contributed by atoms with Crippen LogP contribution in [0.4, 0.5) is 0 Å². The molecule has 0 aromatic rings. The van der Waals surface area contributed by atoms with E-state index in [0.717, 1.165) is 0 Å². The molecule has 1 unspecified atom stereocenters. The maximum absolute atomic E-state index is 11.5. The van der Waals surface area contributed by atoms with Gasteiger partial charge >= 0.3 is 5.97 Å². The van der Waals surface area contributed by atoms with Crippen molar-refractivity contribution < 1.29 is 19.4 Å². The fraction of sp³-hybridized carbons (Fsp3) is 0.800. The third kappa shape index (κ3) is 4.78. The number of ether oxygens (including phenoxy) is 1. The summed E-state index contributed by atoms with van der Waals surface area (Å²) in [6, 6.07) is 0. The molecule has 0 aliphatic rings. The summed E-state index contributed by atoms with van der Waals surface area (Å²) < 4.78 is 4.98. The fourth-order valence-electron chi connectivity index (χ4n) is 0.831. The first-order valence-electron chi connectivity index (χ1n) is 4.87. The topological polar surface area (TPSA) is 75.6 Å². The van der Waals surface area contributed by atoms with Gasteiger partial charge in [0.15, 0.2) is 0 Å². The number of nitrogens with one attached hydrogen (secondary N) is 1. The molecule has 0 spiro atoms. The minimum absolute atomic E-state index is 0.234. The molecule has 5 heteroatoms. The maximum Gasteiger partial charge on any atom is 0.306 e. The normalized spacial score (nSPS) is 13.3. The molecule has 0 heterocycles. The zero-order chi connectivity index (χ0) is 12.1. The van der Waals surface area contributed by atoms with E-state index in [1.165, 1.54) is 7.11 Å². The van der Waals surface area contributed by atoms with Gasteiger partial charge in [-0.25, -0.2) is 0 Å². The highest BCUT2D eigenvalue weighted by Crippen LogP contribution is 2.07. The van der Waals surface area contributed by atoms with Gasteiger partial charge in [-0.2, -0.15) is 0 Å². The van der Waals surface area contributed by atoms with Crippen LogP contribution < -0.4 is 5.32 Å². The molecular formula is C10H19NO4. The quantitative estimate of drug-likeness (QED) is 0.684. The van der Waals surface area contributed by atoms with Gasteiger partial charge < -0.3 is 15.2 Å². The molecule has 0 fully saturated rings. The molecule has 0 aliphatic carbocycles. The van der Waals surface area contributed by atoms with E-state index in [0.29, 0.717) is 13.0 Å². The second-order valence-corrected chi connectivity index (χ2v) is 4.00. The maximum atomic E-state index is 11.5. The lowest BCUT2D eigenvalue weighted by molar-refractivity contribution is -0.142. The summed E-state index contributed by atoms with van der Waals surface area (Å²) in [4.78, 5) is 22.0. The van der Waals surface area contributed by atoms with Gasteiger partial charge in [-0.15, -0.1) is 0 Å². The molecule has 1 amide bonds. The van der Waals surface area contributed by atoms with E-state index in [-0.39, 0.29) is 5.91 Å². The first kappa shape index (κ1) is 13.9. The molecule has 0 saturated carbocycles. The molecule has 0 radical (unpaired) electrons. The Hall–Kier alpha value is -1.10. The molecule has 0 saturated heterocycles. The second-order valence-electron chi connectivity index (χ2n) is 4.00. The van der Waals surface area contributed by atoms with Crippen LogP contribution in [0.3, 0.4) is 0 Å². The Bertz CT molecular complexity index is 238. The first-order chi connectivity index (χ1) is 6.81. The standard InChI is InChI=1S/C10H19NO4/c1-7(8(12)13)5-6-11-9(14)10(2,3)15-4/h7H,5-6H2,1-4H3,(H,11,14)(H,12,13). The van der Waals surface area contributed by atoms with Gasteiger partial charge in [0.25, 0.3) is 5.91 Å². The highest BCUT2D eigenvalue weighted by atomic mass is 16.5. The fourth-order valence-corrected chi connectivity index (χ4v) is 0.831. The van der Waals surface area contributed by atoms with E-state index >= 15 is 0 Å². The first-order valence-corrected chi connectivity index (χ1v) is 4.87. The third-order valence-corrected chi connectivity index (χ3v) is 2.34. The summed E-state index contributed by atoms with van der Waals surface area (Å²) in [7, 11) is 1.46. The molecule has 0 aromatic heterocycles. The average Bonchev–Trinajstić information content (AvgIpc) is 2.17. The van der Waals surface area contributed by atoms with Crippen LogP contribution in [0.5, 0.6) is 0 Å². The van der Waals surface area contributed by atoms with Gasteiger partial charge in [0.1, 0.15) is 5.60 Å². The Kier molecular flexibility index (Phi) is 5.28. The molecule has 5 nitrogen and oxygen atoms in total. The van der Waals surface area contributed by atoms with Crippen molar-refractivity contribution in [1.82, 2.24) is 5.32 Å². The Morgan fingerprint density at radius 3 is 2.40 bits per heavy atom. The lowest BCUT2D eigenvalue weighted by Crippen LogP contribution is -2.44. The van der Waals surface area contributed by atoms with E-state index in [1.807, 2.05) is 0 Å². The summed E-state index contributed by atoms with van der Waals surface area (Å²) in [5.41, 5.74) is -0.869. The summed E-state index contributed by atoms with van der Waals surface area (Å²) in [5.74, 6) is -1.53. The van der Waals surface area contributed by atoms with Crippen molar-refractivity contribution in [2.75, 3.05) is 13.7 Å². The van der Waals surface area contributed by atoms with E-state index in [9.17, 15) is 9.59 Å². The number of carboxylic acids is 1. The lowest BCUT2D eigenvalue weighted by atomic mass is 10.1. The number of amides is 1. The Labute approximate surface area is 89.8 Å². The SMILES string of the molecule is COC(C)(C)C(=O)NCCC(C)C(=O)O. The Morgan fingerprint density at radius 1 is 1.47 bits per heavy atom. The van der Waals surface area contributed by atoms with Crippen molar-refractivity contribution in [2.24, 2.45) is 5.92 Å². The van der Waals surface area contributed by atoms with Crippen molar-refractivity contribution in [2.45, 2.75) is 32.8 Å². The lowest BCUT2D eigenvalue weighted by Gasteiger charge is -2.21. The highest BCUT2D eigenvalue weighted by Gasteiger charge is 2.26. The molecule has 1 atom stereocenters. The van der Waals surface area contributed by atoms with E-state index in [4.69, 9.17) is 9.84 Å². The molecule has 88 valence electrons. The molecule has 0 aliphatic heterocycles. The minimum atomic E-state index is -0.869. The zero-order valence-electron chi connectivity index (χ0n) is 9.66. The Balaban J connectivity index is 3.88. The largest absolute Gasteiger partial charge is 0.481 e. The van der Waals surface area contributed by atoms with Crippen LogP contribution in [0.2, 0.25) is 0 Å². The number of carbonyl (C=O) groups excluding carboxylic acids is 1. The highest BCUT2D eigenvalue weighted by molar-refractivity contribution is 5.84. The predicted octanol–water partition coefficient (Wildman–Crippen LogP) is 0.638. The summed E-state index contributed by atoms with van der Waals surface area (Å²) >= 11 is 0. The number of methoxy groups -OCH3 is 1. The predicted molar refractivity (Wildman–Crippen MR) is 55.5 cm³/mol.